The van der Waals surface area contributed by atoms with Crippen LogP contribution in [0.15, 0.2) is 200 Å². The van der Waals surface area contributed by atoms with Gasteiger partial charge in [0.15, 0.2) is 5.66 Å². The fourth-order valence-electron chi connectivity index (χ4n) is 7.75. The number of rotatable bonds is 6. The van der Waals surface area contributed by atoms with E-state index in [0.29, 0.717) is 6.67 Å². The predicted octanol–water partition coefficient (Wildman–Crippen LogP) is 14.4. The van der Waals surface area contributed by atoms with Crippen molar-refractivity contribution >= 4 is 49.0 Å². The topological polar surface area (TPSA) is 53.6 Å². The highest BCUT2D eigenvalue weighted by Crippen LogP contribution is 2.42. The molecular formula is C55H52N4S. The van der Waals surface area contributed by atoms with E-state index in [2.05, 4.69) is 189 Å². The molecule has 0 radical (unpaired) electrons. The summed E-state index contributed by atoms with van der Waals surface area (Å²) in [5.41, 5.74) is 19.2. The molecule has 1 aliphatic rings. The molecule has 1 aromatic heterocycles. The van der Waals surface area contributed by atoms with Gasteiger partial charge in [-0.05, 0) is 99.5 Å². The fourth-order valence-corrected chi connectivity index (χ4v) is 8.99. The van der Waals surface area contributed by atoms with E-state index in [1.54, 1.807) is 0 Å². The Labute approximate surface area is 359 Å². The highest BCUT2D eigenvalue weighted by Gasteiger charge is 2.29. The van der Waals surface area contributed by atoms with Crippen molar-refractivity contribution in [2.24, 2.45) is 10.7 Å². The van der Waals surface area contributed by atoms with Gasteiger partial charge in [0.1, 0.15) is 0 Å². The molecule has 1 aliphatic heterocycles. The molecule has 0 unspecified atom stereocenters. The van der Waals surface area contributed by atoms with Gasteiger partial charge in [0.05, 0.1) is 6.67 Å². The second kappa shape index (κ2) is 18.9. The molecule has 0 fully saturated rings. The van der Waals surface area contributed by atoms with Crippen LogP contribution in [0.2, 0.25) is 0 Å². The van der Waals surface area contributed by atoms with Crippen LogP contribution in [0.1, 0.15) is 43.0 Å². The number of fused-ring (bicyclic) bond motifs is 6. The van der Waals surface area contributed by atoms with Gasteiger partial charge in [0.2, 0.25) is 0 Å². The van der Waals surface area contributed by atoms with Crippen LogP contribution in [0.25, 0.3) is 59.6 Å². The first kappa shape index (κ1) is 41.4. The fraction of sp³-hybridized carbons (Fsp3) is 0.109. The minimum Gasteiger partial charge on any atom is -0.367 e. The first-order valence-electron chi connectivity index (χ1n) is 20.5. The van der Waals surface area contributed by atoms with Crippen LogP contribution in [-0.2, 0) is 5.66 Å². The maximum absolute atomic E-state index is 7.38. The van der Waals surface area contributed by atoms with Gasteiger partial charge in [-0.25, -0.2) is 0 Å². The van der Waals surface area contributed by atoms with E-state index in [1.807, 2.05) is 61.6 Å². The summed E-state index contributed by atoms with van der Waals surface area (Å²) in [6.07, 6.45) is 8.49. The van der Waals surface area contributed by atoms with E-state index in [1.165, 1.54) is 25.7 Å². The lowest BCUT2D eigenvalue weighted by molar-refractivity contribution is 0.491. The van der Waals surface area contributed by atoms with E-state index in [-0.39, 0.29) is 0 Å². The lowest BCUT2D eigenvalue weighted by Gasteiger charge is -2.27. The summed E-state index contributed by atoms with van der Waals surface area (Å²) in [5, 5.41) is 6.22. The minimum atomic E-state index is -1.08. The van der Waals surface area contributed by atoms with Gasteiger partial charge in [-0.3, -0.25) is 10.7 Å². The van der Waals surface area contributed by atoms with Gasteiger partial charge in [0.25, 0.3) is 0 Å². The maximum atomic E-state index is 7.38. The minimum absolute atomic E-state index is 0.693. The summed E-state index contributed by atoms with van der Waals surface area (Å²) >= 11 is 1.85. The van der Waals surface area contributed by atoms with Crippen molar-refractivity contribution in [1.82, 2.24) is 4.90 Å². The van der Waals surface area contributed by atoms with E-state index >= 15 is 0 Å². The third kappa shape index (κ3) is 8.50. The number of hydrogen-bond donors (Lipinski definition) is 2. The summed E-state index contributed by atoms with van der Waals surface area (Å²) in [7, 11) is 2.08. The molecule has 0 bridgehead atoms. The zero-order valence-electron chi connectivity index (χ0n) is 34.9. The van der Waals surface area contributed by atoms with Crippen LogP contribution >= 0.6 is 11.3 Å². The van der Waals surface area contributed by atoms with E-state index in [0.717, 1.165) is 61.5 Å². The lowest BCUT2D eigenvalue weighted by atomic mass is 9.89. The van der Waals surface area contributed by atoms with Gasteiger partial charge in [-0.1, -0.05) is 153 Å². The van der Waals surface area contributed by atoms with Gasteiger partial charge >= 0.3 is 0 Å². The standard InChI is InChI=1S/C51H42N4S.C2H6.C2H4/c1-35(54-51(52,41-17-5-3-6-18-41)42-19-7-4-8-20-42)38-30-39(32-40(31-38)43-23-15-24-46-45-22-10-12-26-49(45)56-50(43)46)37-28-27-36-16-13-14-29-55(2)34-53-48-25-11-9-21-44(48)47(36)33-37;2*1-2/h3-33,53H,34,52H2,1-2H3;1-2H3;1-2H2/b16-13-,29-14-,54-35+;;. The second-order valence-electron chi connectivity index (χ2n) is 14.4. The Balaban J connectivity index is 0.00000132. The van der Waals surface area contributed by atoms with Crippen LogP contribution in [0, 0.1) is 0 Å². The third-order valence-corrected chi connectivity index (χ3v) is 11.9. The molecule has 7 aromatic carbocycles. The zero-order chi connectivity index (χ0) is 42.1. The first-order valence-corrected chi connectivity index (χ1v) is 21.3. The summed E-state index contributed by atoms with van der Waals surface area (Å²) in [6.45, 7) is 12.8. The molecule has 0 atom stereocenters. The molecule has 298 valence electrons. The van der Waals surface area contributed by atoms with E-state index in [9.17, 15) is 0 Å². The average molecular weight is 801 g/mol. The Hall–Kier alpha value is -6.79. The number of allylic oxidation sites excluding steroid dienone is 2. The summed E-state index contributed by atoms with van der Waals surface area (Å²) in [5.74, 6) is 0. The largest absolute Gasteiger partial charge is 0.367 e. The van der Waals surface area contributed by atoms with Crippen LogP contribution in [0.5, 0.6) is 0 Å². The normalized spacial score (nSPS) is 13.6. The van der Waals surface area contributed by atoms with Crippen molar-refractivity contribution < 1.29 is 0 Å². The van der Waals surface area contributed by atoms with Crippen LogP contribution in [0.4, 0.5) is 5.69 Å². The maximum Gasteiger partial charge on any atom is 0.160 e. The number of anilines is 1. The molecule has 60 heavy (non-hydrogen) atoms. The number of benzene rings is 7. The first-order chi connectivity index (χ1) is 29.4. The molecule has 8 aromatic rings. The quantitative estimate of drug-likeness (QED) is 0.130. The number of hydrogen-bond acceptors (Lipinski definition) is 5. The van der Waals surface area contributed by atoms with E-state index in [4.69, 9.17) is 10.7 Å². The Kier molecular flexibility index (Phi) is 13.0. The molecule has 2 heterocycles. The van der Waals surface area contributed by atoms with Crippen LogP contribution in [0.3, 0.4) is 0 Å². The average Bonchev–Trinajstić information content (AvgIpc) is 3.69. The smallest absolute Gasteiger partial charge is 0.160 e. The van der Waals surface area contributed by atoms with Crippen molar-refractivity contribution in [2.45, 2.75) is 26.4 Å². The van der Waals surface area contributed by atoms with Crippen molar-refractivity contribution in [1.29, 1.82) is 0 Å². The van der Waals surface area contributed by atoms with Crippen molar-refractivity contribution in [3.05, 3.63) is 218 Å². The highest BCUT2D eigenvalue weighted by molar-refractivity contribution is 7.26. The van der Waals surface area contributed by atoms with Gasteiger partial charge < -0.3 is 10.2 Å². The van der Waals surface area contributed by atoms with Crippen LogP contribution < -0.4 is 11.1 Å². The number of aliphatic imine (C=N–C) groups is 1. The molecule has 0 spiro atoms. The summed E-state index contributed by atoms with van der Waals surface area (Å²) in [4.78, 5) is 7.55. The molecule has 3 N–H and O–H groups in total. The number of nitrogens with one attached hydrogen (secondary N) is 1. The highest BCUT2D eigenvalue weighted by atomic mass is 32.1. The zero-order valence-corrected chi connectivity index (χ0v) is 35.7. The van der Waals surface area contributed by atoms with Gasteiger partial charge in [-0.2, -0.15) is 0 Å². The number of thiophene rings is 1. The Morgan fingerprint density at radius 2 is 1.28 bits per heavy atom. The molecule has 0 aliphatic carbocycles. The summed E-state index contributed by atoms with van der Waals surface area (Å²) < 4.78 is 2.56. The number of para-hydroxylation sites is 1. The second-order valence-corrected chi connectivity index (χ2v) is 15.5. The number of nitrogens with two attached hydrogens (primary N) is 1. The van der Waals surface area contributed by atoms with Crippen LogP contribution in [-0.4, -0.2) is 24.3 Å². The lowest BCUT2D eigenvalue weighted by Crippen LogP contribution is -2.37. The summed E-state index contributed by atoms with van der Waals surface area (Å²) in [6, 6.07) is 58.0. The molecule has 5 heteroatoms. The Morgan fingerprint density at radius 1 is 0.650 bits per heavy atom. The predicted molar refractivity (Wildman–Crippen MR) is 263 cm³/mol. The molecule has 9 rings (SSSR count). The van der Waals surface area contributed by atoms with Crippen molar-refractivity contribution in [3.63, 3.8) is 0 Å². The molecule has 0 saturated carbocycles. The number of nitrogens with zero attached hydrogens (tertiary/aromatic N) is 2. The Bertz CT molecular complexity index is 2770. The van der Waals surface area contributed by atoms with Crippen molar-refractivity contribution in [2.75, 3.05) is 19.0 Å². The monoisotopic (exact) mass is 800 g/mol. The Morgan fingerprint density at radius 3 is 2.03 bits per heavy atom. The van der Waals surface area contributed by atoms with Gasteiger partial charge in [0, 0.05) is 50.4 Å². The van der Waals surface area contributed by atoms with E-state index < -0.39 is 5.66 Å². The van der Waals surface area contributed by atoms with Gasteiger partial charge in [-0.15, -0.1) is 24.5 Å². The SMILES string of the molecule is C/C(=N\C(N)(c1ccccc1)c1ccccc1)c1cc(-c2ccc3c(c2)-c2ccccc2NCN(C)/C=C\C=C/3)cc(-c2cccc3c2sc2ccccc23)c1.C=C.CC. The van der Waals surface area contributed by atoms with Crippen molar-refractivity contribution in [3.8, 4) is 33.4 Å². The third-order valence-electron chi connectivity index (χ3n) is 10.7. The molecule has 0 saturated heterocycles. The molecular weight excluding hydrogens is 749 g/mol. The molecule has 4 nitrogen and oxygen atoms in total. The molecule has 0 amide bonds.